The number of hydrogen-bond donors (Lipinski definition) is 1. The summed E-state index contributed by atoms with van der Waals surface area (Å²) in [4.78, 5) is 14.5. The van der Waals surface area contributed by atoms with Gasteiger partial charge in [0.1, 0.15) is 24.0 Å². The van der Waals surface area contributed by atoms with Crippen molar-refractivity contribution in [1.29, 1.82) is 0 Å². The predicted octanol–water partition coefficient (Wildman–Crippen LogP) is 2.12. The van der Waals surface area contributed by atoms with Gasteiger partial charge in [-0.25, -0.2) is 0 Å². The monoisotopic (exact) mass is 282 g/mol. The van der Waals surface area contributed by atoms with Crippen LogP contribution in [0.3, 0.4) is 0 Å². The molecule has 0 spiro atoms. The Balaban J connectivity index is 2.41. The Labute approximate surface area is 113 Å². The van der Waals surface area contributed by atoms with E-state index >= 15 is 0 Å². The number of aliphatic hydroxyl groups excluding tert-OH is 1. The standard InChI is InChI=1S/C12H11ClN2O4/c13-6-8(16)7-19-11-4-3-10(15(17)18)9-2-1-5-14-12(9)11/h1-5,8,16H,6-7H2. The predicted molar refractivity (Wildman–Crippen MR) is 70.6 cm³/mol. The van der Waals surface area contributed by atoms with Gasteiger partial charge in [-0.3, -0.25) is 15.1 Å². The van der Waals surface area contributed by atoms with Crippen LogP contribution in [0.2, 0.25) is 0 Å². The van der Waals surface area contributed by atoms with E-state index < -0.39 is 11.0 Å². The molecule has 2 aromatic rings. The van der Waals surface area contributed by atoms with Crippen LogP contribution in [-0.2, 0) is 0 Å². The average molecular weight is 283 g/mol. The molecular weight excluding hydrogens is 272 g/mol. The highest BCUT2D eigenvalue weighted by molar-refractivity contribution is 6.18. The summed E-state index contributed by atoms with van der Waals surface area (Å²) < 4.78 is 5.39. The molecule has 0 aliphatic carbocycles. The first-order valence-corrected chi connectivity index (χ1v) is 6.06. The van der Waals surface area contributed by atoms with Crippen LogP contribution in [0.4, 0.5) is 5.69 Å². The molecule has 100 valence electrons. The molecule has 1 aromatic carbocycles. The Morgan fingerprint density at radius 2 is 2.26 bits per heavy atom. The zero-order valence-corrected chi connectivity index (χ0v) is 10.6. The third-order valence-corrected chi connectivity index (χ3v) is 2.87. The lowest BCUT2D eigenvalue weighted by atomic mass is 10.1. The Kier molecular flexibility index (Phi) is 4.13. The van der Waals surface area contributed by atoms with Crippen molar-refractivity contribution in [2.24, 2.45) is 0 Å². The largest absolute Gasteiger partial charge is 0.489 e. The van der Waals surface area contributed by atoms with Crippen molar-refractivity contribution >= 4 is 28.2 Å². The number of nitro benzene ring substituents is 1. The van der Waals surface area contributed by atoms with Crippen LogP contribution in [0.25, 0.3) is 10.9 Å². The maximum Gasteiger partial charge on any atom is 0.279 e. The molecule has 0 aliphatic heterocycles. The summed E-state index contributed by atoms with van der Waals surface area (Å²) in [6.07, 6.45) is 0.729. The maximum absolute atomic E-state index is 10.9. The first kappa shape index (κ1) is 13.5. The Morgan fingerprint density at radius 1 is 1.47 bits per heavy atom. The second-order valence-electron chi connectivity index (χ2n) is 3.86. The van der Waals surface area contributed by atoms with Gasteiger partial charge in [-0.2, -0.15) is 0 Å². The second kappa shape index (κ2) is 5.81. The van der Waals surface area contributed by atoms with Gasteiger partial charge in [0.15, 0.2) is 0 Å². The maximum atomic E-state index is 10.9. The molecule has 0 fully saturated rings. The molecular formula is C12H11ClN2O4. The van der Waals surface area contributed by atoms with Crippen molar-refractivity contribution in [3.8, 4) is 5.75 Å². The van der Waals surface area contributed by atoms with Crippen LogP contribution >= 0.6 is 11.6 Å². The summed E-state index contributed by atoms with van der Waals surface area (Å²) in [6, 6.07) is 6.04. The molecule has 0 amide bonds. The molecule has 0 saturated heterocycles. The molecule has 0 saturated carbocycles. The van der Waals surface area contributed by atoms with Crippen LogP contribution in [-0.4, -0.2) is 33.6 Å². The lowest BCUT2D eigenvalue weighted by Crippen LogP contribution is -2.19. The molecule has 1 unspecified atom stereocenters. The molecule has 2 rings (SSSR count). The highest BCUT2D eigenvalue weighted by atomic mass is 35.5. The fourth-order valence-electron chi connectivity index (χ4n) is 1.64. The lowest BCUT2D eigenvalue weighted by molar-refractivity contribution is -0.383. The average Bonchev–Trinajstić information content (AvgIpc) is 2.43. The third kappa shape index (κ3) is 2.91. The number of aromatic nitrogens is 1. The van der Waals surface area contributed by atoms with Crippen LogP contribution in [0.1, 0.15) is 0 Å². The number of halogens is 1. The minimum absolute atomic E-state index is 0.00693. The number of fused-ring (bicyclic) bond motifs is 1. The molecule has 19 heavy (non-hydrogen) atoms. The molecule has 6 nitrogen and oxygen atoms in total. The first-order valence-electron chi connectivity index (χ1n) is 5.52. The van der Waals surface area contributed by atoms with E-state index in [0.717, 1.165) is 0 Å². The summed E-state index contributed by atoms with van der Waals surface area (Å²) in [5, 5.41) is 20.7. The molecule has 1 atom stereocenters. The van der Waals surface area contributed by atoms with Crippen LogP contribution < -0.4 is 4.74 Å². The van der Waals surface area contributed by atoms with E-state index in [1.165, 1.54) is 18.3 Å². The summed E-state index contributed by atoms with van der Waals surface area (Å²) in [7, 11) is 0. The number of hydrogen-bond acceptors (Lipinski definition) is 5. The molecule has 7 heteroatoms. The van der Waals surface area contributed by atoms with Gasteiger partial charge in [-0.15, -0.1) is 11.6 Å². The van der Waals surface area contributed by atoms with Gasteiger partial charge in [0.25, 0.3) is 5.69 Å². The van der Waals surface area contributed by atoms with E-state index in [-0.39, 0.29) is 18.2 Å². The fourth-order valence-corrected chi connectivity index (χ4v) is 1.73. The smallest absolute Gasteiger partial charge is 0.279 e. The zero-order valence-electron chi connectivity index (χ0n) is 9.82. The number of rotatable bonds is 5. The third-order valence-electron chi connectivity index (χ3n) is 2.52. The van der Waals surface area contributed by atoms with E-state index in [9.17, 15) is 15.2 Å². The van der Waals surface area contributed by atoms with Crippen molar-refractivity contribution in [1.82, 2.24) is 4.98 Å². The number of non-ortho nitro benzene ring substituents is 1. The van der Waals surface area contributed by atoms with Crippen molar-refractivity contribution in [2.45, 2.75) is 6.10 Å². The molecule has 0 bridgehead atoms. The number of alkyl halides is 1. The number of benzene rings is 1. The highest BCUT2D eigenvalue weighted by Gasteiger charge is 2.16. The minimum atomic E-state index is -0.796. The van der Waals surface area contributed by atoms with Gasteiger partial charge in [-0.05, 0) is 18.2 Å². The summed E-state index contributed by atoms with van der Waals surface area (Å²) in [5.41, 5.74) is 0.354. The van der Waals surface area contributed by atoms with E-state index in [0.29, 0.717) is 16.7 Å². The lowest BCUT2D eigenvalue weighted by Gasteiger charge is -2.11. The van der Waals surface area contributed by atoms with Gasteiger partial charge >= 0.3 is 0 Å². The van der Waals surface area contributed by atoms with Crippen molar-refractivity contribution < 1.29 is 14.8 Å². The normalized spacial score (nSPS) is 12.3. The fraction of sp³-hybridized carbons (Fsp3) is 0.250. The van der Waals surface area contributed by atoms with E-state index in [4.69, 9.17) is 16.3 Å². The van der Waals surface area contributed by atoms with Crippen molar-refractivity contribution in [3.63, 3.8) is 0 Å². The van der Waals surface area contributed by atoms with Gasteiger partial charge in [-0.1, -0.05) is 0 Å². The van der Waals surface area contributed by atoms with Gasteiger partial charge in [0, 0.05) is 12.3 Å². The Morgan fingerprint density at radius 3 is 2.95 bits per heavy atom. The van der Waals surface area contributed by atoms with E-state index in [2.05, 4.69) is 4.98 Å². The number of nitrogens with zero attached hydrogens (tertiary/aromatic N) is 2. The minimum Gasteiger partial charge on any atom is -0.489 e. The topological polar surface area (TPSA) is 85.5 Å². The number of ether oxygens (including phenoxy) is 1. The number of nitro groups is 1. The van der Waals surface area contributed by atoms with Gasteiger partial charge in [0.2, 0.25) is 0 Å². The number of aliphatic hydroxyl groups is 1. The van der Waals surface area contributed by atoms with Crippen LogP contribution in [0.15, 0.2) is 30.5 Å². The molecule has 1 aromatic heterocycles. The van der Waals surface area contributed by atoms with E-state index in [1.54, 1.807) is 12.1 Å². The Hall–Kier alpha value is -1.92. The summed E-state index contributed by atoms with van der Waals surface area (Å²) in [5.74, 6) is 0.434. The zero-order chi connectivity index (χ0) is 13.8. The molecule has 1 heterocycles. The molecule has 1 N–H and O–H groups in total. The number of pyridine rings is 1. The van der Waals surface area contributed by atoms with E-state index in [1.807, 2.05) is 0 Å². The summed E-state index contributed by atoms with van der Waals surface area (Å²) >= 11 is 5.47. The SMILES string of the molecule is O=[N+]([O-])c1ccc(OCC(O)CCl)c2ncccc12. The molecule has 0 radical (unpaired) electrons. The van der Waals surface area contributed by atoms with Crippen molar-refractivity contribution in [2.75, 3.05) is 12.5 Å². The quantitative estimate of drug-likeness (QED) is 0.516. The van der Waals surface area contributed by atoms with Crippen LogP contribution in [0, 0.1) is 10.1 Å². The highest BCUT2D eigenvalue weighted by Crippen LogP contribution is 2.31. The van der Waals surface area contributed by atoms with Gasteiger partial charge in [0.05, 0.1) is 16.2 Å². The molecule has 0 aliphatic rings. The van der Waals surface area contributed by atoms with Gasteiger partial charge < -0.3 is 9.84 Å². The van der Waals surface area contributed by atoms with Crippen molar-refractivity contribution in [3.05, 3.63) is 40.6 Å². The second-order valence-corrected chi connectivity index (χ2v) is 4.17. The Bertz CT molecular complexity index is 605. The van der Waals surface area contributed by atoms with Crippen LogP contribution in [0.5, 0.6) is 5.75 Å². The summed E-state index contributed by atoms with van der Waals surface area (Å²) in [6.45, 7) is 0.00693. The first-order chi connectivity index (χ1) is 9.13.